The number of methoxy groups -OCH3 is 1. The van der Waals surface area contributed by atoms with Gasteiger partial charge in [0.05, 0.1) is 12.7 Å². The molecule has 4 aromatic rings. The van der Waals surface area contributed by atoms with Crippen LogP contribution in [0.2, 0.25) is 0 Å². The Bertz CT molecular complexity index is 1400. The van der Waals surface area contributed by atoms with Crippen LogP contribution in [0.15, 0.2) is 63.5 Å². The minimum Gasteiger partial charge on any atom is -0.496 e. The van der Waals surface area contributed by atoms with Gasteiger partial charge in [0.25, 0.3) is 5.91 Å². The zero-order valence-electron chi connectivity index (χ0n) is 19.2. The first-order valence-corrected chi connectivity index (χ1v) is 11.9. The van der Waals surface area contributed by atoms with Crippen molar-refractivity contribution >= 4 is 56.0 Å². The number of carbonyl (C=O) groups excluding carboxylic acids is 1. The molecule has 3 aromatic carbocycles. The van der Waals surface area contributed by atoms with Crippen LogP contribution in [0.5, 0.6) is 5.75 Å². The second-order valence-electron chi connectivity index (χ2n) is 8.19. The Morgan fingerprint density at radius 1 is 1.15 bits per heavy atom. The molecule has 174 valence electrons. The van der Waals surface area contributed by atoms with E-state index in [-0.39, 0.29) is 11.0 Å². The summed E-state index contributed by atoms with van der Waals surface area (Å²) in [5.41, 5.74) is 5.49. The predicted molar refractivity (Wildman–Crippen MR) is 143 cm³/mol. The van der Waals surface area contributed by atoms with Gasteiger partial charge in [-0.15, -0.1) is 0 Å². The van der Waals surface area contributed by atoms with E-state index < -0.39 is 0 Å². The summed E-state index contributed by atoms with van der Waals surface area (Å²) in [6.45, 7) is 6.16. The van der Waals surface area contributed by atoms with Crippen LogP contribution in [0.4, 0.5) is 5.69 Å². The van der Waals surface area contributed by atoms with Crippen LogP contribution < -0.4 is 15.4 Å². The fourth-order valence-electron chi connectivity index (χ4n) is 3.66. The highest BCUT2D eigenvalue weighted by Gasteiger charge is 2.17. The normalized spacial score (nSPS) is 11.0. The number of nitrogens with zero attached hydrogens (tertiary/aromatic N) is 1. The molecule has 0 bridgehead atoms. The number of halogens is 1. The summed E-state index contributed by atoms with van der Waals surface area (Å²) in [6.07, 6.45) is 0. The van der Waals surface area contributed by atoms with Crippen molar-refractivity contribution < 1.29 is 13.9 Å². The number of hydrogen-bond donors (Lipinski definition) is 2. The summed E-state index contributed by atoms with van der Waals surface area (Å²) < 4.78 is 12.1. The number of ether oxygens (including phenoxy) is 1. The van der Waals surface area contributed by atoms with Crippen LogP contribution in [0.3, 0.4) is 0 Å². The van der Waals surface area contributed by atoms with Gasteiger partial charge in [-0.3, -0.25) is 10.1 Å². The van der Waals surface area contributed by atoms with Gasteiger partial charge in [0, 0.05) is 15.7 Å². The number of oxazole rings is 1. The summed E-state index contributed by atoms with van der Waals surface area (Å²) in [4.78, 5) is 17.5. The molecule has 1 heterocycles. The number of aryl methyl sites for hydroxylation is 1. The lowest BCUT2D eigenvalue weighted by Crippen LogP contribution is -2.34. The van der Waals surface area contributed by atoms with Crippen molar-refractivity contribution in [3.63, 3.8) is 0 Å². The summed E-state index contributed by atoms with van der Waals surface area (Å²) >= 11 is 8.79. The van der Waals surface area contributed by atoms with E-state index in [2.05, 4.69) is 57.5 Å². The van der Waals surface area contributed by atoms with Crippen molar-refractivity contribution in [1.29, 1.82) is 0 Å². The second-order valence-corrected chi connectivity index (χ2v) is 9.52. The molecule has 1 amide bonds. The maximum atomic E-state index is 12.8. The van der Waals surface area contributed by atoms with Gasteiger partial charge in [0.2, 0.25) is 5.89 Å². The number of carbonyl (C=O) groups is 1. The third-order valence-electron chi connectivity index (χ3n) is 5.36. The van der Waals surface area contributed by atoms with Crippen LogP contribution in [-0.4, -0.2) is 23.1 Å². The molecule has 0 unspecified atom stereocenters. The molecule has 0 saturated carbocycles. The highest BCUT2D eigenvalue weighted by molar-refractivity contribution is 9.10. The van der Waals surface area contributed by atoms with Gasteiger partial charge in [0.15, 0.2) is 10.7 Å². The molecule has 0 aliphatic carbocycles. The molecule has 6 nitrogen and oxygen atoms in total. The fourth-order valence-corrected chi connectivity index (χ4v) is 4.44. The molecule has 1 aromatic heterocycles. The Morgan fingerprint density at radius 2 is 1.94 bits per heavy atom. The van der Waals surface area contributed by atoms with E-state index in [9.17, 15) is 4.79 Å². The number of rotatable bonds is 5. The predicted octanol–water partition coefficient (Wildman–Crippen LogP) is 6.82. The summed E-state index contributed by atoms with van der Waals surface area (Å²) in [5, 5.41) is 5.94. The minimum atomic E-state index is -0.366. The molecule has 34 heavy (non-hydrogen) atoms. The third-order valence-corrected chi connectivity index (χ3v) is 6.02. The van der Waals surface area contributed by atoms with E-state index in [1.54, 1.807) is 6.07 Å². The van der Waals surface area contributed by atoms with Gasteiger partial charge in [-0.05, 0) is 78.7 Å². The van der Waals surface area contributed by atoms with Crippen LogP contribution >= 0.6 is 28.1 Å². The Kier molecular flexibility index (Phi) is 7.00. The zero-order chi connectivity index (χ0) is 24.4. The van der Waals surface area contributed by atoms with Crippen molar-refractivity contribution in [2.45, 2.75) is 26.7 Å². The first-order valence-electron chi connectivity index (χ1n) is 10.7. The third kappa shape index (κ3) is 5.13. The number of amides is 1. The van der Waals surface area contributed by atoms with Gasteiger partial charge in [-0.25, -0.2) is 4.98 Å². The van der Waals surface area contributed by atoms with Gasteiger partial charge in [-0.1, -0.05) is 41.9 Å². The number of aromatic nitrogens is 1. The van der Waals surface area contributed by atoms with Crippen molar-refractivity contribution in [2.24, 2.45) is 0 Å². The Balaban J connectivity index is 1.51. The van der Waals surface area contributed by atoms with Crippen LogP contribution in [0.25, 0.3) is 22.6 Å². The topological polar surface area (TPSA) is 76.4 Å². The number of fused-ring (bicyclic) bond motifs is 1. The smallest absolute Gasteiger partial charge is 0.261 e. The molecule has 0 fully saturated rings. The maximum absolute atomic E-state index is 12.8. The number of thiocarbonyl (C=S) groups is 1. The van der Waals surface area contributed by atoms with Crippen molar-refractivity contribution in [2.75, 3.05) is 12.4 Å². The minimum absolute atomic E-state index is 0.168. The Labute approximate surface area is 211 Å². The van der Waals surface area contributed by atoms with Gasteiger partial charge in [-0.2, -0.15) is 0 Å². The van der Waals surface area contributed by atoms with E-state index in [0.717, 1.165) is 26.7 Å². The summed E-state index contributed by atoms with van der Waals surface area (Å²) in [7, 11) is 1.53. The van der Waals surface area contributed by atoms with Gasteiger partial charge in [0.1, 0.15) is 11.3 Å². The summed E-state index contributed by atoms with van der Waals surface area (Å²) in [5.74, 6) is 1.06. The Morgan fingerprint density at radius 3 is 2.68 bits per heavy atom. The van der Waals surface area contributed by atoms with Crippen LogP contribution in [0, 0.1) is 6.92 Å². The van der Waals surface area contributed by atoms with E-state index in [1.807, 2.05) is 43.3 Å². The second kappa shape index (κ2) is 9.95. The van der Waals surface area contributed by atoms with Crippen LogP contribution in [0.1, 0.15) is 41.3 Å². The molecule has 0 saturated heterocycles. The molecule has 2 N–H and O–H groups in total. The number of benzene rings is 3. The zero-order valence-corrected chi connectivity index (χ0v) is 21.6. The first-order chi connectivity index (χ1) is 16.2. The molecule has 8 heteroatoms. The SMILES string of the molecule is COc1c(C)cc(Br)cc1C(=O)NC(=S)Nc1cccc(-c2nc3cc(C(C)C)ccc3o2)c1. The molecular weight excluding hydrogens is 514 g/mol. The molecule has 0 aliphatic heterocycles. The molecule has 0 aliphatic rings. The van der Waals surface area contributed by atoms with E-state index >= 15 is 0 Å². The van der Waals surface area contributed by atoms with Gasteiger partial charge >= 0.3 is 0 Å². The largest absolute Gasteiger partial charge is 0.496 e. The lowest BCUT2D eigenvalue weighted by atomic mass is 10.0. The molecular formula is C26H24BrN3O3S. The molecule has 0 spiro atoms. The van der Waals surface area contributed by atoms with E-state index in [4.69, 9.17) is 21.4 Å². The molecule has 0 atom stereocenters. The number of nitrogens with one attached hydrogen (secondary N) is 2. The number of hydrogen-bond acceptors (Lipinski definition) is 5. The van der Waals surface area contributed by atoms with Crippen molar-refractivity contribution in [1.82, 2.24) is 10.3 Å². The van der Waals surface area contributed by atoms with Crippen molar-refractivity contribution in [3.8, 4) is 17.2 Å². The first kappa shape index (κ1) is 23.9. The van der Waals surface area contributed by atoms with Crippen molar-refractivity contribution in [3.05, 3.63) is 75.8 Å². The standard InChI is InChI=1S/C26H24BrN3O3S/c1-14(2)16-8-9-22-21(12-16)29-25(33-22)17-6-5-7-19(11-17)28-26(34)30-24(31)20-13-18(27)10-15(3)23(20)32-4/h5-14H,1-4H3,(H2,28,30,31,34). The maximum Gasteiger partial charge on any atom is 0.261 e. The van der Waals surface area contributed by atoms with Gasteiger partial charge < -0.3 is 14.5 Å². The number of anilines is 1. The summed E-state index contributed by atoms with van der Waals surface area (Å²) in [6, 6.07) is 17.1. The van der Waals surface area contributed by atoms with E-state index in [1.165, 1.54) is 12.7 Å². The lowest BCUT2D eigenvalue weighted by molar-refractivity contribution is 0.0974. The van der Waals surface area contributed by atoms with Crippen LogP contribution in [-0.2, 0) is 0 Å². The fraction of sp³-hybridized carbons (Fsp3) is 0.192. The average Bonchev–Trinajstić information content (AvgIpc) is 3.22. The molecule has 0 radical (unpaired) electrons. The lowest BCUT2D eigenvalue weighted by Gasteiger charge is -2.14. The Hall–Kier alpha value is -3.23. The highest BCUT2D eigenvalue weighted by Crippen LogP contribution is 2.29. The quantitative estimate of drug-likeness (QED) is 0.272. The molecule has 4 rings (SSSR count). The average molecular weight is 538 g/mol. The monoisotopic (exact) mass is 537 g/mol. The highest BCUT2D eigenvalue weighted by atomic mass is 79.9. The van der Waals surface area contributed by atoms with E-state index in [0.29, 0.717) is 28.8 Å².